The molecule has 1 unspecified atom stereocenters. The molecule has 1 aliphatic rings. The minimum absolute atomic E-state index is 0.0873. The predicted octanol–water partition coefficient (Wildman–Crippen LogP) is 0.912. The van der Waals surface area contributed by atoms with Crippen LogP contribution in [0.2, 0.25) is 0 Å². The van der Waals surface area contributed by atoms with Gasteiger partial charge in [-0.05, 0) is 30.3 Å². The molecule has 2 aromatic rings. The van der Waals surface area contributed by atoms with E-state index in [0.29, 0.717) is 17.1 Å². The second kappa shape index (κ2) is 10.0. The van der Waals surface area contributed by atoms with Crippen molar-refractivity contribution in [3.8, 4) is 11.1 Å². The van der Waals surface area contributed by atoms with Gasteiger partial charge in [0.05, 0.1) is 18.8 Å². The second-order valence-electron chi connectivity index (χ2n) is 6.83. The Labute approximate surface area is 184 Å². The Balaban J connectivity index is 1.75. The summed E-state index contributed by atoms with van der Waals surface area (Å²) in [6, 6.07) is 7.67. The van der Waals surface area contributed by atoms with Gasteiger partial charge in [-0.1, -0.05) is 0 Å². The summed E-state index contributed by atoms with van der Waals surface area (Å²) < 4.78 is 24.6. The minimum Gasteiger partial charge on any atom is -0.441 e. The Bertz CT molecular complexity index is 992. The quantitative estimate of drug-likeness (QED) is 0.158. The molecule has 0 radical (unpaired) electrons. The molecule has 14 heteroatoms. The molecule has 1 saturated heterocycles. The van der Waals surface area contributed by atoms with E-state index in [1.165, 1.54) is 28.2 Å². The molecule has 6 N–H and O–H groups in total. The normalized spacial score (nSPS) is 16.5. The van der Waals surface area contributed by atoms with Crippen molar-refractivity contribution < 1.29 is 28.2 Å². The molecule has 1 amide bonds. The zero-order chi connectivity index (χ0) is 23.4. The summed E-state index contributed by atoms with van der Waals surface area (Å²) in [5, 5.41) is 4.84. The van der Waals surface area contributed by atoms with Crippen molar-refractivity contribution in [2.45, 2.75) is 6.10 Å². The van der Waals surface area contributed by atoms with Gasteiger partial charge in [0.25, 0.3) is 0 Å². The number of halogens is 1. The SMILES string of the molecule is CN(N)/C(=N\N)N(C)c1ccc(-c2ccc(N3CC(COP(O)O)OC3=O)cc2F)cn1. The average molecular weight is 467 g/mol. The number of hydrazone groups is 1. The molecule has 1 aliphatic heterocycles. The first-order chi connectivity index (χ1) is 15.2. The van der Waals surface area contributed by atoms with Gasteiger partial charge >= 0.3 is 14.7 Å². The molecule has 2 heterocycles. The van der Waals surface area contributed by atoms with Crippen molar-refractivity contribution in [3.63, 3.8) is 0 Å². The summed E-state index contributed by atoms with van der Waals surface area (Å²) in [4.78, 5) is 36.8. The van der Waals surface area contributed by atoms with Crippen LogP contribution in [0.4, 0.5) is 20.7 Å². The van der Waals surface area contributed by atoms with Crippen molar-refractivity contribution in [1.29, 1.82) is 0 Å². The van der Waals surface area contributed by atoms with Crippen LogP contribution < -0.4 is 21.5 Å². The van der Waals surface area contributed by atoms with E-state index in [1.54, 1.807) is 37.2 Å². The molecule has 0 aliphatic carbocycles. The molecular formula is C18H23FN7O5P. The molecular weight excluding hydrogens is 444 g/mol. The Kier molecular flexibility index (Phi) is 7.38. The molecule has 32 heavy (non-hydrogen) atoms. The molecule has 3 rings (SSSR count). The van der Waals surface area contributed by atoms with E-state index in [1.807, 2.05) is 0 Å². The highest BCUT2D eigenvalue weighted by atomic mass is 31.2. The van der Waals surface area contributed by atoms with Gasteiger partial charge in [0, 0.05) is 31.4 Å². The summed E-state index contributed by atoms with van der Waals surface area (Å²) in [6.07, 6.45) is 0.119. The van der Waals surface area contributed by atoms with E-state index in [-0.39, 0.29) is 24.7 Å². The number of aromatic nitrogens is 1. The fourth-order valence-corrected chi connectivity index (χ4v) is 3.44. The number of carbonyl (C=O) groups is 1. The zero-order valence-corrected chi connectivity index (χ0v) is 18.2. The highest BCUT2D eigenvalue weighted by molar-refractivity contribution is 7.39. The number of amides is 1. The number of anilines is 2. The van der Waals surface area contributed by atoms with E-state index < -0.39 is 26.6 Å². The third-order valence-corrected chi connectivity index (χ3v) is 5.03. The summed E-state index contributed by atoms with van der Waals surface area (Å²) in [7, 11) is 0.712. The monoisotopic (exact) mass is 467 g/mol. The maximum atomic E-state index is 14.9. The lowest BCUT2D eigenvalue weighted by molar-refractivity contribution is 0.0987. The lowest BCUT2D eigenvalue weighted by Crippen LogP contribution is -2.45. The maximum Gasteiger partial charge on any atom is 0.414 e. The number of hydrazine groups is 1. The van der Waals surface area contributed by atoms with Crippen molar-refractivity contribution in [2.24, 2.45) is 16.8 Å². The molecule has 1 fully saturated rings. The van der Waals surface area contributed by atoms with Crippen LogP contribution in [0.25, 0.3) is 11.1 Å². The summed E-state index contributed by atoms with van der Waals surface area (Å²) in [5.41, 5.74) is 1.11. The summed E-state index contributed by atoms with van der Waals surface area (Å²) >= 11 is 0. The fourth-order valence-electron chi connectivity index (χ4n) is 3.14. The number of nitrogens with zero attached hydrogens (tertiary/aromatic N) is 5. The van der Waals surface area contributed by atoms with Gasteiger partial charge in [0.1, 0.15) is 17.7 Å². The molecule has 1 aromatic carbocycles. The van der Waals surface area contributed by atoms with Crippen LogP contribution in [-0.4, -0.2) is 65.2 Å². The molecule has 1 aromatic heterocycles. The number of benzene rings is 1. The maximum absolute atomic E-state index is 14.9. The zero-order valence-electron chi connectivity index (χ0n) is 17.3. The van der Waals surface area contributed by atoms with Gasteiger partial charge in [0.15, 0.2) is 0 Å². The standard InChI is InChI=1S/C18H23FN7O5P/c1-24(17(23-20)25(2)21)16-6-3-11(8-22-16)14-5-4-12(7-15(14)19)26-9-13(31-18(26)27)10-30-32(28)29/h3-8,13,28-29H,9-10,20-21H2,1-2H3/b23-17-. The van der Waals surface area contributed by atoms with Gasteiger partial charge in [-0.3, -0.25) is 14.8 Å². The fraction of sp³-hybridized carbons (Fsp3) is 0.278. The molecule has 1 atom stereocenters. The van der Waals surface area contributed by atoms with E-state index in [0.717, 1.165) is 0 Å². The Morgan fingerprint density at radius 3 is 2.72 bits per heavy atom. The van der Waals surface area contributed by atoms with Crippen LogP contribution in [0.15, 0.2) is 41.6 Å². The summed E-state index contributed by atoms with van der Waals surface area (Å²) in [5.74, 6) is 11.2. The van der Waals surface area contributed by atoms with E-state index >= 15 is 0 Å². The molecule has 12 nitrogen and oxygen atoms in total. The van der Waals surface area contributed by atoms with Gasteiger partial charge in [-0.25, -0.2) is 20.0 Å². The van der Waals surface area contributed by atoms with Gasteiger partial charge in [0.2, 0.25) is 5.96 Å². The summed E-state index contributed by atoms with van der Waals surface area (Å²) in [6.45, 7) is -0.0888. The molecule has 0 spiro atoms. The van der Waals surface area contributed by atoms with E-state index in [4.69, 9.17) is 26.2 Å². The van der Waals surface area contributed by atoms with Crippen LogP contribution in [0.5, 0.6) is 0 Å². The predicted molar refractivity (Wildman–Crippen MR) is 117 cm³/mol. The Morgan fingerprint density at radius 2 is 2.16 bits per heavy atom. The minimum atomic E-state index is -2.55. The van der Waals surface area contributed by atoms with Gasteiger partial charge < -0.3 is 24.9 Å². The molecule has 0 bridgehead atoms. The number of ether oxygens (including phenoxy) is 1. The second-order valence-corrected chi connectivity index (χ2v) is 7.60. The number of hydrogen-bond acceptors (Lipinski definition) is 9. The smallest absolute Gasteiger partial charge is 0.414 e. The van der Waals surface area contributed by atoms with Crippen LogP contribution >= 0.6 is 8.60 Å². The van der Waals surface area contributed by atoms with Crippen molar-refractivity contribution >= 4 is 32.2 Å². The van der Waals surface area contributed by atoms with Crippen molar-refractivity contribution in [2.75, 3.05) is 37.0 Å². The highest BCUT2D eigenvalue weighted by Gasteiger charge is 2.33. The number of guanidine groups is 1. The number of nitrogens with two attached hydrogens (primary N) is 2. The number of cyclic esters (lactones) is 1. The first kappa shape index (κ1) is 23.6. The van der Waals surface area contributed by atoms with E-state index in [9.17, 15) is 9.18 Å². The van der Waals surface area contributed by atoms with Crippen LogP contribution in [0, 0.1) is 5.82 Å². The lowest BCUT2D eigenvalue weighted by Gasteiger charge is -2.24. The highest BCUT2D eigenvalue weighted by Crippen LogP contribution is 2.31. The third-order valence-electron chi connectivity index (χ3n) is 4.65. The van der Waals surface area contributed by atoms with E-state index in [2.05, 4.69) is 14.6 Å². The Hall–Kier alpha value is -3.09. The third kappa shape index (κ3) is 5.21. The average Bonchev–Trinajstić information content (AvgIpc) is 3.13. The molecule has 0 saturated carbocycles. The largest absolute Gasteiger partial charge is 0.441 e. The molecule has 172 valence electrons. The van der Waals surface area contributed by atoms with Crippen molar-refractivity contribution in [3.05, 3.63) is 42.3 Å². The van der Waals surface area contributed by atoms with Crippen LogP contribution in [-0.2, 0) is 9.26 Å². The van der Waals surface area contributed by atoms with Gasteiger partial charge in [-0.2, -0.15) is 0 Å². The first-order valence-corrected chi connectivity index (χ1v) is 10.4. The number of pyridine rings is 1. The van der Waals surface area contributed by atoms with Crippen LogP contribution in [0.3, 0.4) is 0 Å². The number of rotatable bonds is 6. The number of hydrogen-bond donors (Lipinski definition) is 4. The van der Waals surface area contributed by atoms with Crippen molar-refractivity contribution in [1.82, 2.24) is 9.99 Å². The number of carbonyl (C=O) groups excluding carboxylic acids is 1. The Morgan fingerprint density at radius 1 is 1.41 bits per heavy atom. The lowest BCUT2D eigenvalue weighted by atomic mass is 10.1. The topological polar surface area (TPSA) is 163 Å². The van der Waals surface area contributed by atoms with Crippen LogP contribution in [0.1, 0.15) is 0 Å². The first-order valence-electron chi connectivity index (χ1n) is 9.26. The van der Waals surface area contributed by atoms with Gasteiger partial charge in [-0.15, -0.1) is 5.10 Å².